The largest absolute Gasteiger partial charge is 0.489 e. The van der Waals surface area contributed by atoms with Crippen LogP contribution >= 0.6 is 24.8 Å². The first-order valence-electron chi connectivity index (χ1n) is 10.3. The van der Waals surface area contributed by atoms with Crippen LogP contribution in [0.3, 0.4) is 0 Å². The number of amides is 1. The maximum Gasteiger partial charge on any atom is 0.279 e. The van der Waals surface area contributed by atoms with Crippen molar-refractivity contribution in [3.8, 4) is 5.75 Å². The van der Waals surface area contributed by atoms with Crippen LogP contribution in [0.15, 0.2) is 24.5 Å². The second-order valence-electron chi connectivity index (χ2n) is 7.68. The highest BCUT2D eigenvalue weighted by molar-refractivity contribution is 6.02. The average Bonchev–Trinajstić information content (AvgIpc) is 3.25. The van der Waals surface area contributed by atoms with Gasteiger partial charge in [-0.2, -0.15) is 0 Å². The van der Waals surface area contributed by atoms with Crippen molar-refractivity contribution in [1.29, 1.82) is 0 Å². The molecule has 30 heavy (non-hydrogen) atoms. The topological polar surface area (TPSA) is 94.0 Å². The number of piperidine rings is 1. The summed E-state index contributed by atoms with van der Waals surface area (Å²) in [5.74, 6) is 1.30. The number of carbonyl (C=O) groups excluding carboxylic acids is 1. The Hall–Kier alpha value is -1.90. The Balaban J connectivity index is 0.00000160. The number of carbonyl (C=O) groups is 1. The molecule has 1 aliphatic carbocycles. The van der Waals surface area contributed by atoms with Gasteiger partial charge < -0.3 is 15.4 Å². The Morgan fingerprint density at radius 3 is 2.70 bits per heavy atom. The van der Waals surface area contributed by atoms with Crippen molar-refractivity contribution in [3.05, 3.63) is 30.2 Å². The lowest BCUT2D eigenvalue weighted by molar-refractivity contribution is 0.102. The monoisotopic (exact) mass is 456 g/mol. The molecule has 2 aromatic heterocycles. The van der Waals surface area contributed by atoms with Gasteiger partial charge in [0.25, 0.3) is 5.91 Å². The Kier molecular flexibility index (Phi) is 9.81. The molecule has 166 valence electrons. The number of anilines is 1. The van der Waals surface area contributed by atoms with Gasteiger partial charge >= 0.3 is 0 Å². The van der Waals surface area contributed by atoms with Gasteiger partial charge in [-0.25, -0.2) is 9.67 Å². The summed E-state index contributed by atoms with van der Waals surface area (Å²) in [6, 6.07) is 3.95. The van der Waals surface area contributed by atoms with Crippen LogP contribution in [0.25, 0.3) is 0 Å². The van der Waals surface area contributed by atoms with E-state index in [9.17, 15) is 4.79 Å². The normalized spacial score (nSPS) is 17.5. The van der Waals surface area contributed by atoms with Gasteiger partial charge in [0.1, 0.15) is 0 Å². The van der Waals surface area contributed by atoms with E-state index in [1.807, 2.05) is 12.1 Å². The van der Waals surface area contributed by atoms with Gasteiger partial charge in [-0.05, 0) is 56.8 Å². The third kappa shape index (κ3) is 6.30. The first kappa shape index (κ1) is 24.4. The third-order valence-corrected chi connectivity index (χ3v) is 5.63. The molecule has 4 rings (SSSR count). The second kappa shape index (κ2) is 12.1. The minimum atomic E-state index is -0.318. The molecule has 8 nitrogen and oxygen atoms in total. The molecule has 2 N–H and O–H groups in total. The van der Waals surface area contributed by atoms with Crippen molar-refractivity contribution < 1.29 is 9.53 Å². The number of hydrogen-bond acceptors (Lipinski definition) is 6. The quantitative estimate of drug-likeness (QED) is 0.688. The zero-order valence-electron chi connectivity index (χ0n) is 17.0. The van der Waals surface area contributed by atoms with Gasteiger partial charge in [0.05, 0.1) is 18.8 Å². The van der Waals surface area contributed by atoms with Gasteiger partial charge in [0, 0.05) is 6.20 Å². The van der Waals surface area contributed by atoms with Crippen LogP contribution in [0.2, 0.25) is 0 Å². The molecule has 0 atom stereocenters. The van der Waals surface area contributed by atoms with Crippen LogP contribution in [0.1, 0.15) is 61.5 Å². The van der Waals surface area contributed by atoms with E-state index >= 15 is 0 Å². The molecule has 0 spiro atoms. The van der Waals surface area contributed by atoms with E-state index in [1.54, 1.807) is 17.1 Å². The summed E-state index contributed by atoms with van der Waals surface area (Å²) in [5, 5.41) is 14.4. The number of aromatic nitrogens is 4. The lowest BCUT2D eigenvalue weighted by atomic mass is 9.90. The summed E-state index contributed by atoms with van der Waals surface area (Å²) >= 11 is 0. The number of hydrogen-bond donors (Lipinski definition) is 2. The van der Waals surface area contributed by atoms with E-state index in [2.05, 4.69) is 25.9 Å². The highest BCUT2D eigenvalue weighted by atomic mass is 35.5. The predicted molar refractivity (Wildman–Crippen MR) is 120 cm³/mol. The molecule has 0 radical (unpaired) electrons. The van der Waals surface area contributed by atoms with Crippen molar-refractivity contribution in [1.82, 2.24) is 25.3 Å². The van der Waals surface area contributed by atoms with Crippen LogP contribution in [-0.4, -0.2) is 45.6 Å². The van der Waals surface area contributed by atoms with Crippen LogP contribution in [0.4, 0.5) is 5.82 Å². The maximum atomic E-state index is 12.6. The van der Waals surface area contributed by atoms with E-state index in [1.165, 1.54) is 32.1 Å². The first-order chi connectivity index (χ1) is 13.8. The number of nitrogens with one attached hydrogen (secondary N) is 2. The highest BCUT2D eigenvalue weighted by Crippen LogP contribution is 2.27. The fourth-order valence-electron chi connectivity index (χ4n) is 3.96. The van der Waals surface area contributed by atoms with Gasteiger partial charge in [0.2, 0.25) is 0 Å². The lowest BCUT2D eigenvalue weighted by Crippen LogP contribution is -2.29. The van der Waals surface area contributed by atoms with Crippen LogP contribution in [0.5, 0.6) is 5.75 Å². The molecule has 1 saturated carbocycles. The van der Waals surface area contributed by atoms with E-state index in [-0.39, 0.29) is 30.7 Å². The van der Waals surface area contributed by atoms with Crippen molar-refractivity contribution in [2.24, 2.45) is 5.92 Å². The zero-order chi connectivity index (χ0) is 19.2. The molecule has 10 heteroatoms. The number of nitrogens with zero attached hydrogens (tertiary/aromatic N) is 4. The van der Waals surface area contributed by atoms with Gasteiger partial charge in [-0.15, -0.1) is 29.9 Å². The van der Waals surface area contributed by atoms with E-state index in [0.29, 0.717) is 35.8 Å². The highest BCUT2D eigenvalue weighted by Gasteiger charge is 2.20. The average molecular weight is 457 g/mol. The Morgan fingerprint density at radius 1 is 1.17 bits per heavy atom. The Labute approximate surface area is 189 Å². The van der Waals surface area contributed by atoms with E-state index in [4.69, 9.17) is 4.74 Å². The van der Waals surface area contributed by atoms with Gasteiger partial charge in [0.15, 0.2) is 17.3 Å². The number of ether oxygens (including phenoxy) is 1. The molecule has 0 unspecified atom stereocenters. The summed E-state index contributed by atoms with van der Waals surface area (Å²) < 4.78 is 7.79. The summed E-state index contributed by atoms with van der Waals surface area (Å²) in [4.78, 5) is 16.9. The third-order valence-electron chi connectivity index (χ3n) is 5.63. The molecule has 0 aromatic carbocycles. The second-order valence-corrected chi connectivity index (χ2v) is 7.68. The van der Waals surface area contributed by atoms with E-state index in [0.717, 1.165) is 25.9 Å². The molecule has 2 aromatic rings. The van der Waals surface area contributed by atoms with Crippen LogP contribution < -0.4 is 15.4 Å². The molecular formula is C20H30Cl2N6O2. The fraction of sp³-hybridized carbons (Fsp3) is 0.600. The Bertz CT molecular complexity index is 791. The first-order valence-corrected chi connectivity index (χ1v) is 10.3. The summed E-state index contributed by atoms with van der Waals surface area (Å²) in [5.41, 5.74) is 0.294. The molecule has 1 aliphatic heterocycles. The molecule has 3 heterocycles. The standard InChI is InChI=1S/C20H28N6O2.2ClH/c27-20(17-13-26(25-24-17)16-8-11-21-12-9-16)23-19-18(7-4-10-22-19)28-14-15-5-2-1-3-6-15;;/h4,7,10,13,15-16,21H,1-3,5-6,8-9,11-12,14H2,(H,22,23,27);2*1H. The summed E-state index contributed by atoms with van der Waals surface area (Å²) in [6.07, 6.45) is 11.6. The Morgan fingerprint density at radius 2 is 1.93 bits per heavy atom. The van der Waals surface area contributed by atoms with Crippen LogP contribution in [-0.2, 0) is 0 Å². The number of pyridine rings is 1. The zero-order valence-corrected chi connectivity index (χ0v) is 18.6. The lowest BCUT2D eigenvalue weighted by Gasteiger charge is -2.22. The minimum absolute atomic E-state index is 0. The molecule has 1 amide bonds. The summed E-state index contributed by atoms with van der Waals surface area (Å²) in [7, 11) is 0. The number of rotatable bonds is 6. The molecule has 2 aliphatic rings. The SMILES string of the molecule is Cl.Cl.O=C(Nc1ncccc1OCC1CCCCC1)c1cn(C2CCNCC2)nn1. The van der Waals surface area contributed by atoms with E-state index < -0.39 is 0 Å². The van der Waals surface area contributed by atoms with Crippen molar-refractivity contribution in [2.45, 2.75) is 51.0 Å². The number of halogens is 2. The fourth-order valence-corrected chi connectivity index (χ4v) is 3.96. The van der Waals surface area contributed by atoms with Gasteiger partial charge in [-0.3, -0.25) is 4.79 Å². The maximum absolute atomic E-state index is 12.6. The minimum Gasteiger partial charge on any atom is -0.489 e. The molecular weight excluding hydrogens is 427 g/mol. The predicted octanol–water partition coefficient (Wildman–Crippen LogP) is 3.65. The molecule has 2 fully saturated rings. The van der Waals surface area contributed by atoms with Crippen molar-refractivity contribution >= 4 is 36.5 Å². The molecule has 0 bridgehead atoms. The van der Waals surface area contributed by atoms with Gasteiger partial charge in [-0.1, -0.05) is 24.5 Å². The summed E-state index contributed by atoms with van der Waals surface area (Å²) in [6.45, 7) is 2.59. The van der Waals surface area contributed by atoms with Crippen molar-refractivity contribution in [3.63, 3.8) is 0 Å². The molecule has 1 saturated heterocycles. The smallest absolute Gasteiger partial charge is 0.279 e. The van der Waals surface area contributed by atoms with Crippen LogP contribution in [0, 0.1) is 5.92 Å². The van der Waals surface area contributed by atoms with Crippen molar-refractivity contribution in [2.75, 3.05) is 25.0 Å².